The minimum absolute atomic E-state index is 0.113. The molecule has 0 spiro atoms. The fraction of sp³-hybridized carbons (Fsp3) is 0.364. The fourth-order valence-corrected chi connectivity index (χ4v) is 3.69. The van der Waals surface area contributed by atoms with Gasteiger partial charge in [0.25, 0.3) is 5.91 Å². The van der Waals surface area contributed by atoms with Crippen LogP contribution in [-0.4, -0.2) is 42.6 Å². The van der Waals surface area contributed by atoms with E-state index in [4.69, 9.17) is 15.2 Å². The lowest BCUT2D eigenvalue weighted by atomic mass is 10.1. The van der Waals surface area contributed by atoms with E-state index in [9.17, 15) is 9.59 Å². The SMILES string of the molecule is NC(=O)CCN(Cc1ccccc1)C(=O)c1ccc(OCC2CCCO2)c(Br)c1. The van der Waals surface area contributed by atoms with Gasteiger partial charge in [0, 0.05) is 31.7 Å². The number of carbonyl (C=O) groups is 2. The highest BCUT2D eigenvalue weighted by Gasteiger charge is 2.20. The number of nitrogens with two attached hydrogens (primary N) is 1. The number of nitrogens with zero attached hydrogens (tertiary/aromatic N) is 1. The minimum Gasteiger partial charge on any atom is -0.490 e. The van der Waals surface area contributed by atoms with Crippen molar-refractivity contribution in [2.45, 2.75) is 31.9 Å². The van der Waals surface area contributed by atoms with Crippen molar-refractivity contribution in [2.75, 3.05) is 19.8 Å². The standard InChI is InChI=1S/C22H25BrN2O4/c23-19-13-17(8-9-20(19)29-15-18-7-4-12-28-18)22(27)25(11-10-21(24)26)14-16-5-2-1-3-6-16/h1-3,5-6,8-9,13,18H,4,7,10-12,14-15H2,(H2,24,26). The van der Waals surface area contributed by atoms with Crippen molar-refractivity contribution in [1.29, 1.82) is 0 Å². The number of benzene rings is 2. The zero-order chi connectivity index (χ0) is 20.6. The van der Waals surface area contributed by atoms with Crippen molar-refractivity contribution in [2.24, 2.45) is 5.73 Å². The van der Waals surface area contributed by atoms with Gasteiger partial charge in [-0.05, 0) is 52.5 Å². The Bertz CT molecular complexity index is 838. The largest absolute Gasteiger partial charge is 0.490 e. The molecule has 2 aromatic rings. The average molecular weight is 461 g/mol. The molecule has 1 heterocycles. The van der Waals surface area contributed by atoms with E-state index >= 15 is 0 Å². The van der Waals surface area contributed by atoms with E-state index in [0.29, 0.717) is 28.9 Å². The lowest BCUT2D eigenvalue weighted by Crippen LogP contribution is -2.33. The van der Waals surface area contributed by atoms with Gasteiger partial charge in [-0.25, -0.2) is 0 Å². The van der Waals surface area contributed by atoms with Gasteiger partial charge in [-0.15, -0.1) is 0 Å². The average Bonchev–Trinajstić information content (AvgIpc) is 3.24. The molecule has 2 aromatic carbocycles. The maximum absolute atomic E-state index is 13.1. The number of primary amides is 1. The first kappa shape index (κ1) is 21.3. The summed E-state index contributed by atoms with van der Waals surface area (Å²) in [7, 11) is 0. The molecule has 0 bridgehead atoms. The van der Waals surface area contributed by atoms with E-state index in [-0.39, 0.29) is 25.0 Å². The van der Waals surface area contributed by atoms with Crippen LogP contribution in [0.3, 0.4) is 0 Å². The zero-order valence-electron chi connectivity index (χ0n) is 16.2. The number of hydrogen-bond donors (Lipinski definition) is 1. The summed E-state index contributed by atoms with van der Waals surface area (Å²) in [5, 5.41) is 0. The molecule has 2 N–H and O–H groups in total. The Morgan fingerprint density at radius 2 is 2.00 bits per heavy atom. The maximum atomic E-state index is 13.1. The smallest absolute Gasteiger partial charge is 0.254 e. The first-order valence-electron chi connectivity index (χ1n) is 9.68. The first-order chi connectivity index (χ1) is 14.0. The quantitative estimate of drug-likeness (QED) is 0.620. The highest BCUT2D eigenvalue weighted by atomic mass is 79.9. The van der Waals surface area contributed by atoms with Gasteiger partial charge < -0.3 is 20.1 Å². The molecule has 6 nitrogen and oxygen atoms in total. The highest BCUT2D eigenvalue weighted by molar-refractivity contribution is 9.10. The molecule has 1 saturated heterocycles. The van der Waals surface area contributed by atoms with Crippen molar-refractivity contribution in [1.82, 2.24) is 4.90 Å². The zero-order valence-corrected chi connectivity index (χ0v) is 17.8. The molecule has 1 unspecified atom stereocenters. The molecule has 1 aliphatic heterocycles. The molecule has 0 aliphatic carbocycles. The van der Waals surface area contributed by atoms with E-state index in [1.165, 1.54) is 0 Å². The molecule has 154 valence electrons. The fourth-order valence-electron chi connectivity index (χ4n) is 3.19. The lowest BCUT2D eigenvalue weighted by molar-refractivity contribution is -0.118. The van der Waals surface area contributed by atoms with E-state index in [1.54, 1.807) is 23.1 Å². The second-order valence-corrected chi connectivity index (χ2v) is 7.87. The third-order valence-electron chi connectivity index (χ3n) is 4.76. The van der Waals surface area contributed by atoms with Crippen LogP contribution in [0.5, 0.6) is 5.75 Å². The molecule has 2 amide bonds. The van der Waals surface area contributed by atoms with Gasteiger partial charge in [0.2, 0.25) is 5.91 Å². The molecule has 3 rings (SSSR count). The van der Waals surface area contributed by atoms with E-state index in [2.05, 4.69) is 15.9 Å². The van der Waals surface area contributed by atoms with Gasteiger partial charge in [-0.3, -0.25) is 9.59 Å². The summed E-state index contributed by atoms with van der Waals surface area (Å²) in [6.07, 6.45) is 2.30. The second kappa shape index (κ2) is 10.4. The molecular formula is C22H25BrN2O4. The number of ether oxygens (including phenoxy) is 2. The van der Waals surface area contributed by atoms with Gasteiger partial charge in [-0.1, -0.05) is 30.3 Å². The summed E-state index contributed by atoms with van der Waals surface area (Å²) in [4.78, 5) is 26.0. The molecule has 0 saturated carbocycles. The molecule has 0 aromatic heterocycles. The first-order valence-corrected chi connectivity index (χ1v) is 10.5. The van der Waals surface area contributed by atoms with Crippen LogP contribution in [0, 0.1) is 0 Å². The summed E-state index contributed by atoms with van der Waals surface area (Å²) in [5.74, 6) is 0.0696. The van der Waals surface area contributed by atoms with Crippen LogP contribution >= 0.6 is 15.9 Å². The molecule has 1 aliphatic rings. The van der Waals surface area contributed by atoms with Crippen molar-refractivity contribution in [3.05, 3.63) is 64.1 Å². The number of hydrogen-bond acceptors (Lipinski definition) is 4. The topological polar surface area (TPSA) is 81.9 Å². The molecule has 29 heavy (non-hydrogen) atoms. The third kappa shape index (κ3) is 6.30. The van der Waals surface area contributed by atoms with Crippen LogP contribution in [0.2, 0.25) is 0 Å². The van der Waals surface area contributed by atoms with Gasteiger partial charge in [0.15, 0.2) is 0 Å². The third-order valence-corrected chi connectivity index (χ3v) is 5.38. The predicted octanol–water partition coefficient (Wildman–Crippen LogP) is 3.52. The summed E-state index contributed by atoms with van der Waals surface area (Å²) >= 11 is 3.49. The van der Waals surface area contributed by atoms with Crippen molar-refractivity contribution in [3.63, 3.8) is 0 Å². The van der Waals surface area contributed by atoms with E-state index < -0.39 is 5.91 Å². The van der Waals surface area contributed by atoms with Crippen molar-refractivity contribution < 1.29 is 19.1 Å². The molecule has 0 radical (unpaired) electrons. The van der Waals surface area contributed by atoms with Gasteiger partial charge >= 0.3 is 0 Å². The van der Waals surface area contributed by atoms with E-state index in [1.807, 2.05) is 30.3 Å². The van der Waals surface area contributed by atoms with Crippen LogP contribution in [0.15, 0.2) is 53.0 Å². The normalized spacial score (nSPS) is 15.8. The summed E-state index contributed by atoms with van der Waals surface area (Å²) in [6, 6.07) is 14.9. The Labute approximate surface area is 179 Å². The Morgan fingerprint density at radius 1 is 1.21 bits per heavy atom. The Balaban J connectivity index is 1.70. The van der Waals surface area contributed by atoms with Crippen LogP contribution in [0.4, 0.5) is 0 Å². The number of rotatable bonds is 9. The van der Waals surface area contributed by atoms with Gasteiger partial charge in [-0.2, -0.15) is 0 Å². The molecule has 1 fully saturated rings. The van der Waals surface area contributed by atoms with Crippen molar-refractivity contribution in [3.8, 4) is 5.75 Å². The predicted molar refractivity (Wildman–Crippen MR) is 114 cm³/mol. The number of amides is 2. The molecular weight excluding hydrogens is 436 g/mol. The van der Waals surface area contributed by atoms with Gasteiger partial charge in [0.1, 0.15) is 12.4 Å². The second-order valence-electron chi connectivity index (χ2n) is 7.02. The lowest BCUT2D eigenvalue weighted by Gasteiger charge is -2.23. The number of carbonyl (C=O) groups excluding carboxylic acids is 2. The Kier molecular flexibility index (Phi) is 7.66. The van der Waals surface area contributed by atoms with Crippen LogP contribution in [0.25, 0.3) is 0 Å². The Morgan fingerprint density at radius 3 is 2.66 bits per heavy atom. The van der Waals surface area contributed by atoms with Crippen molar-refractivity contribution >= 4 is 27.7 Å². The summed E-state index contributed by atoms with van der Waals surface area (Å²) in [6.45, 7) is 1.94. The van der Waals surface area contributed by atoms with Crippen LogP contribution < -0.4 is 10.5 Å². The monoisotopic (exact) mass is 460 g/mol. The van der Waals surface area contributed by atoms with Crippen LogP contribution in [0.1, 0.15) is 35.2 Å². The highest BCUT2D eigenvalue weighted by Crippen LogP contribution is 2.28. The molecule has 7 heteroatoms. The summed E-state index contributed by atoms with van der Waals surface area (Å²) in [5.41, 5.74) is 6.79. The number of halogens is 1. The van der Waals surface area contributed by atoms with Gasteiger partial charge in [0.05, 0.1) is 10.6 Å². The summed E-state index contributed by atoms with van der Waals surface area (Å²) < 4.78 is 12.1. The van der Waals surface area contributed by atoms with E-state index in [0.717, 1.165) is 25.0 Å². The van der Waals surface area contributed by atoms with Crippen LogP contribution in [-0.2, 0) is 16.1 Å². The minimum atomic E-state index is -0.435. The Hall–Kier alpha value is -2.38. The maximum Gasteiger partial charge on any atom is 0.254 e. The molecule has 1 atom stereocenters.